The van der Waals surface area contributed by atoms with Crippen LogP contribution >= 0.6 is 0 Å². The topological polar surface area (TPSA) is 49.7 Å². The van der Waals surface area contributed by atoms with E-state index < -0.39 is 17.7 Å². The highest BCUT2D eigenvalue weighted by Crippen LogP contribution is 2.28. The van der Waals surface area contributed by atoms with Gasteiger partial charge in [-0.2, -0.15) is 0 Å². The van der Waals surface area contributed by atoms with E-state index in [-0.39, 0.29) is 6.10 Å². The lowest BCUT2D eigenvalue weighted by atomic mass is 9.82. The molecule has 0 aliphatic carbocycles. The van der Waals surface area contributed by atoms with Crippen molar-refractivity contribution in [3.63, 3.8) is 0 Å². The summed E-state index contributed by atoms with van der Waals surface area (Å²) >= 11 is 0. The first kappa shape index (κ1) is 8.05. The Bertz CT molecular complexity index is 137. The Labute approximate surface area is 61.4 Å². The van der Waals surface area contributed by atoms with Crippen LogP contribution in [0.25, 0.3) is 0 Å². The molecule has 0 aromatic rings. The van der Waals surface area contributed by atoms with Gasteiger partial charge in [-0.05, 0) is 13.8 Å². The second-order valence-corrected chi connectivity index (χ2v) is 2.93. The van der Waals surface area contributed by atoms with Gasteiger partial charge in [-0.1, -0.05) is 0 Å². The molecule has 56 valence electrons. The predicted molar refractivity (Wildman–Crippen MR) is 36.7 cm³/mol. The second kappa shape index (κ2) is 2.22. The number of ether oxygens (including phenoxy) is 1. The number of aliphatic hydroxyl groups is 2. The first-order valence-corrected chi connectivity index (χ1v) is 3.27. The van der Waals surface area contributed by atoms with Gasteiger partial charge >= 0.3 is 0 Å². The average Bonchev–Trinajstić information content (AvgIpc) is 1.97. The molecule has 10 heavy (non-hydrogen) atoms. The lowest BCUT2D eigenvalue weighted by molar-refractivity contribution is -0.0414. The Hall–Kier alpha value is -0.0551. The van der Waals surface area contributed by atoms with Gasteiger partial charge < -0.3 is 14.9 Å². The highest BCUT2D eigenvalue weighted by Gasteiger charge is 2.47. The third-order valence-corrected chi connectivity index (χ3v) is 1.98. The standard InChI is InChI=1S/C6H11BO3/c1-3-4(8)6(2,9)5(7)10-3/h3-5,8-9H,1-2H3/t3-,4-,5-,6+/m1/s1. The van der Waals surface area contributed by atoms with E-state index in [1.54, 1.807) is 6.92 Å². The molecule has 0 aromatic carbocycles. The van der Waals surface area contributed by atoms with Gasteiger partial charge in [0.15, 0.2) is 0 Å². The highest BCUT2D eigenvalue weighted by molar-refractivity contribution is 6.12. The van der Waals surface area contributed by atoms with Crippen molar-refractivity contribution in [2.45, 2.75) is 37.7 Å². The van der Waals surface area contributed by atoms with Crippen molar-refractivity contribution in [2.75, 3.05) is 0 Å². The summed E-state index contributed by atoms with van der Waals surface area (Å²) < 4.78 is 4.97. The van der Waals surface area contributed by atoms with Crippen LogP contribution in [0.5, 0.6) is 0 Å². The van der Waals surface area contributed by atoms with Crippen LogP contribution in [0.2, 0.25) is 0 Å². The zero-order valence-corrected chi connectivity index (χ0v) is 6.11. The molecule has 1 aliphatic rings. The van der Waals surface area contributed by atoms with Crippen LogP contribution in [-0.2, 0) is 4.74 Å². The highest BCUT2D eigenvalue weighted by atomic mass is 16.5. The van der Waals surface area contributed by atoms with Gasteiger partial charge in [-0.15, -0.1) is 0 Å². The van der Waals surface area contributed by atoms with Crippen molar-refractivity contribution in [3.8, 4) is 0 Å². The minimum absolute atomic E-state index is 0.384. The maximum Gasteiger partial charge on any atom is 0.113 e. The molecule has 2 radical (unpaired) electrons. The Morgan fingerprint density at radius 3 is 2.20 bits per heavy atom. The fourth-order valence-electron chi connectivity index (χ4n) is 1.09. The first-order chi connectivity index (χ1) is 4.46. The Kier molecular flexibility index (Phi) is 1.79. The minimum Gasteiger partial charge on any atom is -0.387 e. The van der Waals surface area contributed by atoms with Crippen LogP contribution in [0.1, 0.15) is 13.8 Å². The summed E-state index contributed by atoms with van der Waals surface area (Å²) in [7, 11) is 5.36. The average molecular weight is 142 g/mol. The number of aliphatic hydroxyl groups excluding tert-OH is 1. The van der Waals surface area contributed by atoms with Crippen LogP contribution < -0.4 is 0 Å². The lowest BCUT2D eigenvalue weighted by Crippen LogP contribution is -2.45. The van der Waals surface area contributed by atoms with Gasteiger partial charge in [0, 0.05) is 6.00 Å². The van der Waals surface area contributed by atoms with Crippen molar-refractivity contribution in [3.05, 3.63) is 0 Å². The SMILES string of the molecule is [B][C@@H]1O[C@H](C)[C@@H](O)[C@]1(C)O. The van der Waals surface area contributed by atoms with E-state index in [2.05, 4.69) is 0 Å². The molecular weight excluding hydrogens is 131 g/mol. The third-order valence-electron chi connectivity index (χ3n) is 1.98. The molecule has 4 atom stereocenters. The predicted octanol–water partition coefficient (Wildman–Crippen LogP) is -0.988. The van der Waals surface area contributed by atoms with E-state index in [1.807, 2.05) is 0 Å². The van der Waals surface area contributed by atoms with E-state index >= 15 is 0 Å². The summed E-state index contributed by atoms with van der Waals surface area (Å²) in [5.41, 5.74) is -1.31. The van der Waals surface area contributed by atoms with Gasteiger partial charge in [0.25, 0.3) is 0 Å². The van der Waals surface area contributed by atoms with Gasteiger partial charge in [0.1, 0.15) is 19.6 Å². The van der Waals surface area contributed by atoms with Crippen molar-refractivity contribution in [2.24, 2.45) is 0 Å². The summed E-state index contributed by atoms with van der Waals surface area (Å²) in [4.78, 5) is 0. The summed E-state index contributed by atoms with van der Waals surface area (Å²) in [6.07, 6.45) is -1.27. The molecule has 0 unspecified atom stereocenters. The van der Waals surface area contributed by atoms with Gasteiger partial charge in [0.2, 0.25) is 0 Å². The molecule has 1 fully saturated rings. The quantitative estimate of drug-likeness (QED) is 0.427. The molecule has 0 bridgehead atoms. The first-order valence-electron chi connectivity index (χ1n) is 3.27. The molecule has 3 nitrogen and oxygen atoms in total. The number of hydrogen-bond donors (Lipinski definition) is 2. The van der Waals surface area contributed by atoms with Crippen LogP contribution in [-0.4, -0.2) is 41.9 Å². The van der Waals surface area contributed by atoms with Gasteiger partial charge in [-0.25, -0.2) is 0 Å². The lowest BCUT2D eigenvalue weighted by Gasteiger charge is -2.24. The second-order valence-electron chi connectivity index (χ2n) is 2.93. The molecule has 1 saturated heterocycles. The largest absolute Gasteiger partial charge is 0.387 e. The molecule has 4 heteroatoms. The van der Waals surface area contributed by atoms with Crippen molar-refractivity contribution in [1.82, 2.24) is 0 Å². The minimum atomic E-state index is -1.31. The third kappa shape index (κ3) is 0.963. The summed E-state index contributed by atoms with van der Waals surface area (Å²) in [6.45, 7) is 3.14. The molecule has 0 spiro atoms. The number of hydrogen-bond acceptors (Lipinski definition) is 3. The zero-order valence-electron chi connectivity index (χ0n) is 6.11. The molecular formula is C6H11BO3. The Morgan fingerprint density at radius 1 is 1.60 bits per heavy atom. The van der Waals surface area contributed by atoms with Crippen molar-refractivity contribution < 1.29 is 14.9 Å². The maximum atomic E-state index is 9.40. The summed E-state index contributed by atoms with van der Waals surface area (Å²) in [5.74, 6) is 0. The van der Waals surface area contributed by atoms with E-state index in [4.69, 9.17) is 12.6 Å². The van der Waals surface area contributed by atoms with Gasteiger partial charge in [0.05, 0.1) is 6.10 Å². The summed E-state index contributed by atoms with van der Waals surface area (Å²) in [6, 6.07) is -0.780. The van der Waals surface area contributed by atoms with E-state index in [1.165, 1.54) is 6.92 Å². The summed E-state index contributed by atoms with van der Waals surface area (Å²) in [5, 5.41) is 18.6. The molecule has 1 heterocycles. The Balaban J connectivity index is 2.75. The van der Waals surface area contributed by atoms with E-state index in [9.17, 15) is 10.2 Å². The van der Waals surface area contributed by atoms with Gasteiger partial charge in [-0.3, -0.25) is 0 Å². The molecule has 1 rings (SSSR count). The normalized spacial score (nSPS) is 55.4. The molecule has 0 aromatic heterocycles. The number of rotatable bonds is 0. The smallest absolute Gasteiger partial charge is 0.113 e. The molecule has 0 amide bonds. The molecule has 0 saturated carbocycles. The van der Waals surface area contributed by atoms with Crippen LogP contribution in [0.4, 0.5) is 0 Å². The van der Waals surface area contributed by atoms with E-state index in [0.29, 0.717) is 0 Å². The molecule has 1 aliphatic heterocycles. The van der Waals surface area contributed by atoms with E-state index in [0.717, 1.165) is 0 Å². The maximum absolute atomic E-state index is 9.40. The monoisotopic (exact) mass is 142 g/mol. The zero-order chi connectivity index (χ0) is 7.94. The van der Waals surface area contributed by atoms with Crippen LogP contribution in [0.3, 0.4) is 0 Å². The van der Waals surface area contributed by atoms with Crippen molar-refractivity contribution >= 4 is 7.85 Å². The fraction of sp³-hybridized carbons (Fsp3) is 1.00. The van der Waals surface area contributed by atoms with Crippen LogP contribution in [0, 0.1) is 0 Å². The molecule has 2 N–H and O–H groups in total. The van der Waals surface area contributed by atoms with Crippen molar-refractivity contribution in [1.29, 1.82) is 0 Å². The fourth-order valence-corrected chi connectivity index (χ4v) is 1.09. The Morgan fingerprint density at radius 2 is 2.10 bits per heavy atom. The van der Waals surface area contributed by atoms with Crippen LogP contribution in [0.15, 0.2) is 0 Å².